The van der Waals surface area contributed by atoms with Crippen molar-refractivity contribution in [3.63, 3.8) is 0 Å². The molecule has 4 nitrogen and oxygen atoms in total. The number of nitrogens with one attached hydrogen (secondary N) is 2. The lowest BCUT2D eigenvalue weighted by molar-refractivity contribution is 0.0672. The highest BCUT2D eigenvalue weighted by molar-refractivity contribution is 14.0. The van der Waals surface area contributed by atoms with E-state index in [1.54, 1.807) is 0 Å². The molecule has 1 saturated carbocycles. The first-order valence-electron chi connectivity index (χ1n) is 8.76. The van der Waals surface area contributed by atoms with Crippen molar-refractivity contribution in [2.24, 2.45) is 4.99 Å². The van der Waals surface area contributed by atoms with Crippen LogP contribution in [0.25, 0.3) is 0 Å². The minimum absolute atomic E-state index is 0. The van der Waals surface area contributed by atoms with E-state index in [2.05, 4.69) is 40.8 Å². The van der Waals surface area contributed by atoms with Gasteiger partial charge in [-0.15, -0.1) is 30.6 Å². The molecule has 0 radical (unpaired) electrons. The maximum Gasteiger partial charge on any atom is 0.191 e. The zero-order valence-corrected chi connectivity index (χ0v) is 17.6. The van der Waals surface area contributed by atoms with E-state index in [-0.39, 0.29) is 24.0 Å². The number of hydrogen-bond acceptors (Lipinski definition) is 3. The average Bonchev–Trinajstić information content (AvgIpc) is 2.59. The molecular weight excluding hydrogens is 419 g/mol. The largest absolute Gasteiger partial charge is 0.357 e. The average molecular weight is 452 g/mol. The van der Waals surface area contributed by atoms with E-state index >= 15 is 0 Å². The molecule has 0 atom stereocenters. The Morgan fingerprint density at radius 2 is 1.91 bits per heavy atom. The van der Waals surface area contributed by atoms with Gasteiger partial charge in [0.25, 0.3) is 0 Å². The molecule has 134 valence electrons. The van der Waals surface area contributed by atoms with Gasteiger partial charge >= 0.3 is 0 Å². The SMILES string of the molecule is C=CCNC(=NCC1(N2CCSCC2)CCCCC1)NCC.I. The summed E-state index contributed by atoms with van der Waals surface area (Å²) in [7, 11) is 0. The summed E-state index contributed by atoms with van der Waals surface area (Å²) >= 11 is 2.09. The van der Waals surface area contributed by atoms with Gasteiger partial charge in [-0.1, -0.05) is 25.3 Å². The fourth-order valence-corrected chi connectivity index (χ4v) is 4.46. The molecule has 1 heterocycles. The minimum atomic E-state index is 0. The molecule has 2 fully saturated rings. The first-order chi connectivity index (χ1) is 10.8. The van der Waals surface area contributed by atoms with Crippen LogP contribution < -0.4 is 10.6 Å². The Labute approximate surface area is 163 Å². The van der Waals surface area contributed by atoms with Crippen LogP contribution in [0, 0.1) is 0 Å². The Bertz CT molecular complexity index is 364. The molecule has 1 saturated heterocycles. The smallest absolute Gasteiger partial charge is 0.191 e. The molecule has 0 aromatic carbocycles. The van der Waals surface area contributed by atoms with Crippen LogP contribution in [-0.2, 0) is 0 Å². The zero-order chi connectivity index (χ0) is 15.7. The van der Waals surface area contributed by atoms with Gasteiger partial charge in [-0.25, -0.2) is 0 Å². The van der Waals surface area contributed by atoms with E-state index < -0.39 is 0 Å². The van der Waals surface area contributed by atoms with Gasteiger partial charge in [0.2, 0.25) is 0 Å². The van der Waals surface area contributed by atoms with Crippen molar-refractivity contribution < 1.29 is 0 Å². The molecule has 0 aromatic heterocycles. The van der Waals surface area contributed by atoms with Gasteiger partial charge in [-0.05, 0) is 19.8 Å². The quantitative estimate of drug-likeness (QED) is 0.281. The Balaban J connectivity index is 0.00000264. The van der Waals surface area contributed by atoms with Crippen molar-refractivity contribution in [3.05, 3.63) is 12.7 Å². The van der Waals surface area contributed by atoms with Crippen molar-refractivity contribution in [1.29, 1.82) is 0 Å². The fourth-order valence-electron chi connectivity index (χ4n) is 3.56. The Morgan fingerprint density at radius 1 is 1.22 bits per heavy atom. The summed E-state index contributed by atoms with van der Waals surface area (Å²) in [5, 5.41) is 6.67. The van der Waals surface area contributed by atoms with Crippen LogP contribution in [-0.4, -0.2) is 60.6 Å². The van der Waals surface area contributed by atoms with Crippen molar-refractivity contribution in [3.8, 4) is 0 Å². The highest BCUT2D eigenvalue weighted by Crippen LogP contribution is 2.35. The predicted molar refractivity (Wildman–Crippen MR) is 114 cm³/mol. The Kier molecular flexibility index (Phi) is 10.6. The number of rotatable bonds is 6. The number of thioether (sulfide) groups is 1. The monoisotopic (exact) mass is 452 g/mol. The van der Waals surface area contributed by atoms with Crippen LogP contribution in [0.15, 0.2) is 17.6 Å². The van der Waals surface area contributed by atoms with Crippen LogP contribution in [0.3, 0.4) is 0 Å². The third-order valence-corrected chi connectivity index (χ3v) is 5.70. The summed E-state index contributed by atoms with van der Waals surface area (Å²) in [4.78, 5) is 7.66. The van der Waals surface area contributed by atoms with Crippen molar-refractivity contribution >= 4 is 41.7 Å². The molecular formula is C17H33IN4S. The van der Waals surface area contributed by atoms with E-state index in [1.807, 2.05) is 6.08 Å². The summed E-state index contributed by atoms with van der Waals surface area (Å²) in [6, 6.07) is 0. The lowest BCUT2D eigenvalue weighted by Crippen LogP contribution is -2.55. The second-order valence-corrected chi connectivity index (χ2v) is 7.47. The second-order valence-electron chi connectivity index (χ2n) is 6.25. The Morgan fingerprint density at radius 3 is 2.52 bits per heavy atom. The minimum Gasteiger partial charge on any atom is -0.357 e. The first kappa shape index (κ1) is 21.1. The van der Waals surface area contributed by atoms with Crippen LogP contribution >= 0.6 is 35.7 Å². The van der Waals surface area contributed by atoms with Crippen LogP contribution in [0.4, 0.5) is 0 Å². The second kappa shape index (κ2) is 11.6. The zero-order valence-electron chi connectivity index (χ0n) is 14.5. The van der Waals surface area contributed by atoms with E-state index in [0.29, 0.717) is 5.54 Å². The van der Waals surface area contributed by atoms with Crippen LogP contribution in [0.1, 0.15) is 39.0 Å². The van der Waals surface area contributed by atoms with Crippen LogP contribution in [0.5, 0.6) is 0 Å². The first-order valence-corrected chi connectivity index (χ1v) is 9.92. The lowest BCUT2D eigenvalue weighted by Gasteiger charge is -2.47. The maximum atomic E-state index is 4.92. The van der Waals surface area contributed by atoms with Gasteiger partial charge in [0.1, 0.15) is 0 Å². The van der Waals surface area contributed by atoms with Crippen molar-refractivity contribution in [2.75, 3.05) is 44.2 Å². The third-order valence-electron chi connectivity index (χ3n) is 4.76. The van der Waals surface area contributed by atoms with Crippen molar-refractivity contribution in [2.45, 2.75) is 44.6 Å². The topological polar surface area (TPSA) is 39.7 Å². The van der Waals surface area contributed by atoms with E-state index in [4.69, 9.17) is 4.99 Å². The molecule has 6 heteroatoms. The number of halogens is 1. The summed E-state index contributed by atoms with van der Waals surface area (Å²) in [5.74, 6) is 3.49. The number of nitrogens with zero attached hydrogens (tertiary/aromatic N) is 2. The molecule has 2 aliphatic rings. The molecule has 1 aliphatic carbocycles. The molecule has 2 N–H and O–H groups in total. The van der Waals surface area contributed by atoms with Gasteiger partial charge in [0.05, 0.1) is 6.54 Å². The number of aliphatic imine (C=N–C) groups is 1. The van der Waals surface area contributed by atoms with Gasteiger partial charge in [0, 0.05) is 43.2 Å². The van der Waals surface area contributed by atoms with Gasteiger partial charge in [-0.2, -0.15) is 11.8 Å². The van der Waals surface area contributed by atoms with Gasteiger partial charge in [-0.3, -0.25) is 9.89 Å². The third kappa shape index (κ3) is 6.46. The number of hydrogen-bond donors (Lipinski definition) is 2. The predicted octanol–water partition coefficient (Wildman–Crippen LogP) is 3.10. The summed E-state index contributed by atoms with van der Waals surface area (Å²) < 4.78 is 0. The molecule has 0 bridgehead atoms. The number of guanidine groups is 1. The molecule has 1 aliphatic heterocycles. The van der Waals surface area contributed by atoms with E-state index in [1.165, 1.54) is 56.7 Å². The molecule has 2 rings (SSSR count). The lowest BCUT2D eigenvalue weighted by atomic mass is 9.80. The highest BCUT2D eigenvalue weighted by atomic mass is 127. The van der Waals surface area contributed by atoms with E-state index in [0.717, 1.165) is 25.6 Å². The summed E-state index contributed by atoms with van der Waals surface area (Å²) in [5.41, 5.74) is 0.301. The highest BCUT2D eigenvalue weighted by Gasteiger charge is 2.38. The molecule has 0 amide bonds. The van der Waals surface area contributed by atoms with Gasteiger partial charge in [0.15, 0.2) is 5.96 Å². The molecule has 0 spiro atoms. The summed E-state index contributed by atoms with van der Waals surface area (Å²) in [6.07, 6.45) is 8.60. The van der Waals surface area contributed by atoms with Crippen molar-refractivity contribution in [1.82, 2.24) is 15.5 Å². The van der Waals surface area contributed by atoms with Gasteiger partial charge < -0.3 is 10.6 Å². The maximum absolute atomic E-state index is 4.92. The summed E-state index contributed by atoms with van der Waals surface area (Å²) in [6.45, 7) is 10.9. The molecule has 0 unspecified atom stereocenters. The van der Waals surface area contributed by atoms with E-state index in [9.17, 15) is 0 Å². The molecule has 0 aromatic rings. The normalized spacial score (nSPS) is 22.0. The molecule has 23 heavy (non-hydrogen) atoms. The standard InChI is InChI=1S/C17H32N4S.HI/c1-3-10-19-16(18-4-2)20-15-17(8-6-5-7-9-17)21-11-13-22-14-12-21;/h3H,1,4-15H2,2H3,(H2,18,19,20);1H. The Hall–Kier alpha value is 0.0500. The fraction of sp³-hybridized carbons (Fsp3) is 0.824. The van der Waals surface area contributed by atoms with Crippen LogP contribution in [0.2, 0.25) is 0 Å².